The van der Waals surface area contributed by atoms with Gasteiger partial charge in [-0.1, -0.05) is 48.5 Å². The van der Waals surface area contributed by atoms with Crippen molar-refractivity contribution in [3.63, 3.8) is 0 Å². The van der Waals surface area contributed by atoms with Gasteiger partial charge in [0.15, 0.2) is 6.29 Å². The zero-order valence-electron chi connectivity index (χ0n) is 20.2. The van der Waals surface area contributed by atoms with Gasteiger partial charge < -0.3 is 34.1 Å². The molecule has 2 aromatic carbocycles. The summed E-state index contributed by atoms with van der Waals surface area (Å²) < 4.78 is 27.8. The predicted molar refractivity (Wildman–Crippen MR) is 127 cm³/mol. The first-order valence-electron chi connectivity index (χ1n) is 11.6. The highest BCUT2D eigenvalue weighted by molar-refractivity contribution is 5.89. The third-order valence-electron chi connectivity index (χ3n) is 5.53. The fourth-order valence-corrected chi connectivity index (χ4v) is 3.73. The largest absolute Gasteiger partial charge is 0.469 e. The van der Waals surface area contributed by atoms with Gasteiger partial charge in [0.05, 0.1) is 32.3 Å². The van der Waals surface area contributed by atoms with Gasteiger partial charge in [-0.05, 0) is 17.7 Å². The molecule has 0 unspecified atom stereocenters. The molecule has 36 heavy (non-hydrogen) atoms. The molecule has 0 spiro atoms. The first-order chi connectivity index (χ1) is 17.4. The number of ether oxygens (including phenoxy) is 5. The molecule has 5 atom stereocenters. The average molecular weight is 502 g/mol. The van der Waals surface area contributed by atoms with Crippen molar-refractivity contribution in [1.82, 2.24) is 5.32 Å². The molecule has 0 bridgehead atoms. The second kappa shape index (κ2) is 13.7. The van der Waals surface area contributed by atoms with E-state index in [1.54, 1.807) is 30.3 Å². The number of aliphatic hydroxyl groups is 1. The van der Waals surface area contributed by atoms with Crippen molar-refractivity contribution in [1.29, 1.82) is 0 Å². The lowest BCUT2D eigenvalue weighted by Crippen LogP contribution is -2.65. The first kappa shape index (κ1) is 27.3. The Morgan fingerprint density at radius 2 is 1.67 bits per heavy atom. The molecule has 2 aromatic rings. The summed E-state index contributed by atoms with van der Waals surface area (Å²) in [6, 6.07) is 16.8. The van der Waals surface area contributed by atoms with Crippen LogP contribution in [0.5, 0.6) is 0 Å². The van der Waals surface area contributed by atoms with Gasteiger partial charge >= 0.3 is 11.9 Å². The summed E-state index contributed by atoms with van der Waals surface area (Å²) in [4.78, 5) is 35.9. The van der Waals surface area contributed by atoms with E-state index in [1.807, 2.05) is 30.3 Å². The highest BCUT2D eigenvalue weighted by atomic mass is 16.7. The Labute approximate surface area is 209 Å². The molecule has 0 aromatic heterocycles. The summed E-state index contributed by atoms with van der Waals surface area (Å²) in [6.45, 7) is 1.11. The number of esters is 2. The summed E-state index contributed by atoms with van der Waals surface area (Å²) in [5, 5.41) is 13.8. The minimum absolute atomic E-state index is 0.0590. The molecular formula is C26H31NO9. The first-order valence-corrected chi connectivity index (χ1v) is 11.6. The van der Waals surface area contributed by atoms with Gasteiger partial charge in [-0.25, -0.2) is 4.79 Å². The standard InChI is InChI=1S/C26H31NO9/c1-17(28)27-22-24(33-14-13-21(29)32-2)23(30)20(16-34-25(31)19-11-7-4-8-12-19)36-26(22)35-15-18-9-5-3-6-10-18/h3-12,20,22-24,26,30H,13-16H2,1-2H3,(H,27,28)/t20-,22-,23-,24-,26+/m1/s1. The molecule has 1 amide bonds. The molecule has 1 aliphatic heterocycles. The van der Waals surface area contributed by atoms with E-state index in [1.165, 1.54) is 14.0 Å². The van der Waals surface area contributed by atoms with Gasteiger partial charge in [-0.3, -0.25) is 9.59 Å². The van der Waals surface area contributed by atoms with Gasteiger partial charge in [0.1, 0.15) is 31.0 Å². The van der Waals surface area contributed by atoms with Crippen LogP contribution in [0.4, 0.5) is 0 Å². The quantitative estimate of drug-likeness (QED) is 0.441. The van der Waals surface area contributed by atoms with E-state index < -0.39 is 42.6 Å². The molecule has 3 rings (SSSR count). The van der Waals surface area contributed by atoms with Gasteiger partial charge in [0, 0.05) is 6.92 Å². The van der Waals surface area contributed by atoms with Gasteiger partial charge in [-0.2, -0.15) is 0 Å². The number of amides is 1. The summed E-state index contributed by atoms with van der Waals surface area (Å²) in [7, 11) is 1.26. The molecule has 1 saturated heterocycles. The number of hydrogen-bond donors (Lipinski definition) is 2. The van der Waals surface area contributed by atoms with E-state index in [-0.39, 0.29) is 32.1 Å². The van der Waals surface area contributed by atoms with Gasteiger partial charge in [-0.15, -0.1) is 0 Å². The van der Waals surface area contributed by atoms with Crippen LogP contribution >= 0.6 is 0 Å². The zero-order chi connectivity index (χ0) is 25.9. The molecule has 1 heterocycles. The molecule has 1 fully saturated rings. The molecular weight excluding hydrogens is 470 g/mol. The van der Waals surface area contributed by atoms with E-state index in [4.69, 9.17) is 18.9 Å². The van der Waals surface area contributed by atoms with Crippen molar-refractivity contribution < 1.29 is 43.2 Å². The van der Waals surface area contributed by atoms with Crippen LogP contribution in [-0.2, 0) is 39.9 Å². The van der Waals surface area contributed by atoms with Gasteiger partial charge in [0.2, 0.25) is 5.91 Å². The van der Waals surface area contributed by atoms with E-state index in [0.717, 1.165) is 5.56 Å². The number of carbonyl (C=O) groups excluding carboxylic acids is 3. The summed E-state index contributed by atoms with van der Waals surface area (Å²) in [5.74, 6) is -1.46. The Hall–Kier alpha value is -3.31. The van der Waals surface area contributed by atoms with Crippen LogP contribution in [0.3, 0.4) is 0 Å². The van der Waals surface area contributed by atoms with Crippen LogP contribution in [0.25, 0.3) is 0 Å². The third kappa shape index (κ3) is 7.85. The van der Waals surface area contributed by atoms with E-state index in [2.05, 4.69) is 10.1 Å². The number of benzene rings is 2. The molecule has 10 heteroatoms. The summed E-state index contributed by atoms with van der Waals surface area (Å²) >= 11 is 0. The normalized spacial score (nSPS) is 23.5. The number of hydrogen-bond acceptors (Lipinski definition) is 9. The van der Waals surface area contributed by atoms with Crippen LogP contribution < -0.4 is 5.32 Å². The zero-order valence-corrected chi connectivity index (χ0v) is 20.2. The Bertz CT molecular complexity index is 985. The van der Waals surface area contributed by atoms with E-state index in [0.29, 0.717) is 5.56 Å². The molecule has 0 saturated carbocycles. The van der Waals surface area contributed by atoms with Crippen molar-refractivity contribution in [3.05, 3.63) is 71.8 Å². The van der Waals surface area contributed by atoms with Crippen LogP contribution in [-0.4, -0.2) is 73.9 Å². The number of carbonyl (C=O) groups is 3. The average Bonchev–Trinajstić information content (AvgIpc) is 2.89. The second-order valence-electron chi connectivity index (χ2n) is 8.18. The number of rotatable bonds is 11. The maximum atomic E-state index is 12.4. The van der Waals surface area contributed by atoms with Crippen molar-refractivity contribution in [3.8, 4) is 0 Å². The monoisotopic (exact) mass is 501 g/mol. The highest BCUT2D eigenvalue weighted by Crippen LogP contribution is 2.26. The van der Waals surface area contributed by atoms with Crippen LogP contribution in [0.1, 0.15) is 29.3 Å². The lowest BCUT2D eigenvalue weighted by atomic mass is 9.96. The SMILES string of the molecule is COC(=O)CCO[C@H]1[C@H](O)[C@@H](COC(=O)c2ccccc2)O[C@H](OCc2ccccc2)[C@@H]1NC(C)=O. The molecule has 2 N–H and O–H groups in total. The fourth-order valence-electron chi connectivity index (χ4n) is 3.73. The van der Waals surface area contributed by atoms with Crippen LogP contribution in [0.15, 0.2) is 60.7 Å². The van der Waals surface area contributed by atoms with Gasteiger partial charge in [0.25, 0.3) is 0 Å². The van der Waals surface area contributed by atoms with Crippen molar-refractivity contribution in [2.45, 2.75) is 50.6 Å². The minimum atomic E-state index is -1.31. The summed E-state index contributed by atoms with van der Waals surface area (Å²) in [6.07, 6.45) is -4.45. The summed E-state index contributed by atoms with van der Waals surface area (Å²) in [5.41, 5.74) is 1.21. The maximum absolute atomic E-state index is 12.4. The third-order valence-corrected chi connectivity index (χ3v) is 5.53. The number of methoxy groups -OCH3 is 1. The van der Waals surface area contributed by atoms with Crippen molar-refractivity contribution >= 4 is 17.8 Å². The smallest absolute Gasteiger partial charge is 0.338 e. The molecule has 10 nitrogen and oxygen atoms in total. The Balaban J connectivity index is 1.76. The topological polar surface area (TPSA) is 130 Å². The van der Waals surface area contributed by atoms with Crippen LogP contribution in [0, 0.1) is 0 Å². The van der Waals surface area contributed by atoms with Crippen LogP contribution in [0.2, 0.25) is 0 Å². The molecule has 1 aliphatic rings. The van der Waals surface area contributed by atoms with Crippen molar-refractivity contribution in [2.24, 2.45) is 0 Å². The fraction of sp³-hybridized carbons (Fsp3) is 0.423. The number of nitrogens with one attached hydrogen (secondary N) is 1. The number of aliphatic hydroxyl groups excluding tert-OH is 1. The predicted octanol–water partition coefficient (Wildman–Crippen LogP) is 1.60. The van der Waals surface area contributed by atoms with E-state index >= 15 is 0 Å². The Morgan fingerprint density at radius 1 is 1.00 bits per heavy atom. The molecule has 194 valence electrons. The second-order valence-corrected chi connectivity index (χ2v) is 8.18. The maximum Gasteiger partial charge on any atom is 0.338 e. The molecule has 0 aliphatic carbocycles. The molecule has 0 radical (unpaired) electrons. The van der Waals surface area contributed by atoms with Crippen molar-refractivity contribution in [2.75, 3.05) is 20.3 Å². The Kier molecular flexibility index (Phi) is 10.4. The minimum Gasteiger partial charge on any atom is -0.469 e. The lowest BCUT2D eigenvalue weighted by molar-refractivity contribution is -0.280. The lowest BCUT2D eigenvalue weighted by Gasteiger charge is -2.44. The highest BCUT2D eigenvalue weighted by Gasteiger charge is 2.47. The Morgan fingerprint density at radius 3 is 2.31 bits per heavy atom. The van der Waals surface area contributed by atoms with E-state index in [9.17, 15) is 19.5 Å².